The average molecular weight is 411 g/mol. The first-order valence-electron chi connectivity index (χ1n) is 10.3. The summed E-state index contributed by atoms with van der Waals surface area (Å²) in [5, 5.41) is 6.24. The SMILES string of the molecule is CCCCNC1CCN(c2cnc(C(=O)Nc3cc(F)c4nc(C)cn4c3)cn2)C1. The number of rotatable bonds is 7. The lowest BCUT2D eigenvalue weighted by Crippen LogP contribution is -2.33. The molecule has 9 heteroatoms. The van der Waals surface area contributed by atoms with Crippen LogP contribution in [0.1, 0.15) is 42.4 Å². The van der Waals surface area contributed by atoms with E-state index in [1.807, 2.05) is 0 Å². The van der Waals surface area contributed by atoms with Crippen LogP contribution < -0.4 is 15.5 Å². The van der Waals surface area contributed by atoms with Gasteiger partial charge in [0.25, 0.3) is 5.91 Å². The largest absolute Gasteiger partial charge is 0.354 e. The second-order valence-corrected chi connectivity index (χ2v) is 7.64. The second-order valence-electron chi connectivity index (χ2n) is 7.64. The van der Waals surface area contributed by atoms with E-state index in [1.165, 1.54) is 25.1 Å². The van der Waals surface area contributed by atoms with E-state index in [0.29, 0.717) is 17.4 Å². The summed E-state index contributed by atoms with van der Waals surface area (Å²) in [6.07, 6.45) is 9.82. The van der Waals surface area contributed by atoms with Gasteiger partial charge in [-0.1, -0.05) is 13.3 Å². The summed E-state index contributed by atoms with van der Waals surface area (Å²) in [7, 11) is 0. The van der Waals surface area contributed by atoms with Crippen LogP contribution in [-0.2, 0) is 0 Å². The minimum atomic E-state index is -0.501. The summed E-state index contributed by atoms with van der Waals surface area (Å²) in [6, 6.07) is 1.70. The van der Waals surface area contributed by atoms with Gasteiger partial charge >= 0.3 is 0 Å². The van der Waals surface area contributed by atoms with E-state index in [4.69, 9.17) is 0 Å². The molecule has 1 saturated heterocycles. The maximum absolute atomic E-state index is 14.2. The third-order valence-corrected chi connectivity index (χ3v) is 5.23. The molecule has 0 spiro atoms. The topological polar surface area (TPSA) is 87.5 Å². The minimum absolute atomic E-state index is 0.179. The fourth-order valence-corrected chi connectivity index (χ4v) is 3.66. The second kappa shape index (κ2) is 8.74. The number of nitrogens with one attached hydrogen (secondary N) is 2. The average Bonchev–Trinajstić information content (AvgIpc) is 3.35. The van der Waals surface area contributed by atoms with E-state index in [2.05, 4.69) is 37.4 Å². The first-order valence-corrected chi connectivity index (χ1v) is 10.3. The monoisotopic (exact) mass is 411 g/mol. The Kier molecular flexibility index (Phi) is 5.89. The molecule has 8 nitrogen and oxygen atoms in total. The number of amides is 1. The number of carbonyl (C=O) groups is 1. The number of anilines is 2. The zero-order valence-corrected chi connectivity index (χ0v) is 17.2. The van der Waals surface area contributed by atoms with Crippen molar-refractivity contribution in [1.82, 2.24) is 24.7 Å². The molecule has 0 aliphatic carbocycles. The first kappa shape index (κ1) is 20.2. The molecule has 0 radical (unpaired) electrons. The van der Waals surface area contributed by atoms with Crippen molar-refractivity contribution in [3.05, 3.63) is 48.1 Å². The number of carbonyl (C=O) groups excluding carboxylic acids is 1. The molecule has 0 aromatic carbocycles. The fraction of sp³-hybridized carbons (Fsp3) is 0.429. The van der Waals surface area contributed by atoms with Gasteiger partial charge in [0.05, 0.1) is 23.8 Å². The molecule has 1 amide bonds. The van der Waals surface area contributed by atoms with Crippen molar-refractivity contribution in [1.29, 1.82) is 0 Å². The molecular formula is C21H26FN7O. The predicted molar refractivity (Wildman–Crippen MR) is 113 cm³/mol. The Morgan fingerprint density at radius 3 is 2.93 bits per heavy atom. The van der Waals surface area contributed by atoms with Gasteiger partial charge in [0, 0.05) is 37.6 Å². The normalized spacial score (nSPS) is 16.4. The fourth-order valence-electron chi connectivity index (χ4n) is 3.66. The van der Waals surface area contributed by atoms with Crippen LogP contribution in [0, 0.1) is 12.7 Å². The Morgan fingerprint density at radius 1 is 1.30 bits per heavy atom. The van der Waals surface area contributed by atoms with Gasteiger partial charge in [-0.2, -0.15) is 0 Å². The lowest BCUT2D eigenvalue weighted by molar-refractivity contribution is 0.102. The van der Waals surface area contributed by atoms with Gasteiger partial charge in [0.1, 0.15) is 11.5 Å². The highest BCUT2D eigenvalue weighted by Crippen LogP contribution is 2.19. The van der Waals surface area contributed by atoms with Gasteiger partial charge in [0.2, 0.25) is 0 Å². The molecule has 1 unspecified atom stereocenters. The maximum Gasteiger partial charge on any atom is 0.275 e. The summed E-state index contributed by atoms with van der Waals surface area (Å²) in [4.78, 5) is 27.5. The van der Waals surface area contributed by atoms with Crippen LogP contribution in [0.4, 0.5) is 15.9 Å². The van der Waals surface area contributed by atoms with E-state index < -0.39 is 11.7 Å². The molecule has 30 heavy (non-hydrogen) atoms. The lowest BCUT2D eigenvalue weighted by atomic mass is 10.2. The van der Waals surface area contributed by atoms with Crippen LogP contribution in [0.5, 0.6) is 0 Å². The van der Waals surface area contributed by atoms with Crippen LogP contribution in [0.15, 0.2) is 30.9 Å². The molecule has 1 aliphatic rings. The molecule has 2 N–H and O–H groups in total. The molecule has 1 atom stereocenters. The number of aryl methyl sites for hydroxylation is 1. The Labute approximate surface area is 174 Å². The number of aromatic nitrogens is 4. The van der Waals surface area contributed by atoms with Crippen LogP contribution in [-0.4, -0.2) is 50.9 Å². The van der Waals surface area contributed by atoms with Crippen LogP contribution in [0.2, 0.25) is 0 Å². The summed E-state index contributed by atoms with van der Waals surface area (Å²) < 4.78 is 15.7. The lowest BCUT2D eigenvalue weighted by Gasteiger charge is -2.17. The Hall–Kier alpha value is -3.07. The number of hydrogen-bond donors (Lipinski definition) is 2. The highest BCUT2D eigenvalue weighted by molar-refractivity contribution is 6.02. The van der Waals surface area contributed by atoms with Crippen molar-refractivity contribution in [3.8, 4) is 0 Å². The van der Waals surface area contributed by atoms with E-state index in [9.17, 15) is 9.18 Å². The molecule has 4 rings (SSSR count). The molecular weight excluding hydrogens is 385 g/mol. The highest BCUT2D eigenvalue weighted by atomic mass is 19.1. The smallest absolute Gasteiger partial charge is 0.275 e. The summed E-state index contributed by atoms with van der Waals surface area (Å²) in [6.45, 7) is 6.79. The van der Waals surface area contributed by atoms with Gasteiger partial charge in [-0.15, -0.1) is 0 Å². The summed E-state index contributed by atoms with van der Waals surface area (Å²) >= 11 is 0. The molecule has 4 heterocycles. The maximum atomic E-state index is 14.2. The quantitative estimate of drug-likeness (QED) is 0.582. The molecule has 158 valence electrons. The number of hydrogen-bond acceptors (Lipinski definition) is 6. The number of nitrogens with zero attached hydrogens (tertiary/aromatic N) is 5. The number of pyridine rings is 1. The van der Waals surface area contributed by atoms with Gasteiger partial charge in [-0.25, -0.2) is 19.3 Å². The van der Waals surface area contributed by atoms with Crippen molar-refractivity contribution >= 4 is 23.1 Å². The molecule has 3 aromatic heterocycles. The number of imidazole rings is 1. The van der Waals surface area contributed by atoms with Crippen LogP contribution in [0.3, 0.4) is 0 Å². The zero-order valence-electron chi connectivity index (χ0n) is 17.2. The molecule has 1 aliphatic heterocycles. The number of fused-ring (bicyclic) bond motifs is 1. The van der Waals surface area contributed by atoms with E-state index >= 15 is 0 Å². The van der Waals surface area contributed by atoms with Crippen molar-refractivity contribution in [3.63, 3.8) is 0 Å². The minimum Gasteiger partial charge on any atom is -0.354 e. The Morgan fingerprint density at radius 2 is 2.17 bits per heavy atom. The number of halogens is 1. The van der Waals surface area contributed by atoms with E-state index in [-0.39, 0.29) is 11.3 Å². The van der Waals surface area contributed by atoms with Gasteiger partial charge < -0.3 is 19.9 Å². The number of unbranched alkanes of at least 4 members (excludes halogenated alkanes) is 1. The molecule has 0 bridgehead atoms. The van der Waals surface area contributed by atoms with Crippen molar-refractivity contribution in [2.24, 2.45) is 0 Å². The third kappa shape index (κ3) is 4.40. The summed E-state index contributed by atoms with van der Waals surface area (Å²) in [5.41, 5.74) is 1.43. The Balaban J connectivity index is 1.39. The standard InChI is InChI=1S/C21H26FN7O/c1-3-4-6-23-15-5-7-28(12-15)19-10-24-18(9-25-19)21(30)27-16-8-17(22)20-26-14(2)11-29(20)13-16/h8-11,13,15,23H,3-7,12H2,1-2H3,(H,27,30). The molecule has 3 aromatic rings. The van der Waals surface area contributed by atoms with E-state index in [1.54, 1.807) is 29.9 Å². The van der Waals surface area contributed by atoms with Crippen LogP contribution >= 0.6 is 0 Å². The van der Waals surface area contributed by atoms with Crippen molar-refractivity contribution in [2.45, 2.75) is 39.2 Å². The van der Waals surface area contributed by atoms with Gasteiger partial charge in [0.15, 0.2) is 11.5 Å². The zero-order chi connectivity index (χ0) is 21.1. The van der Waals surface area contributed by atoms with E-state index in [0.717, 1.165) is 31.9 Å². The van der Waals surface area contributed by atoms with Crippen molar-refractivity contribution < 1.29 is 9.18 Å². The van der Waals surface area contributed by atoms with Crippen LogP contribution in [0.25, 0.3) is 5.65 Å². The summed E-state index contributed by atoms with van der Waals surface area (Å²) in [5.74, 6) is -0.184. The first-order chi connectivity index (χ1) is 14.5. The Bertz CT molecular complexity index is 1030. The molecule has 0 saturated carbocycles. The highest BCUT2D eigenvalue weighted by Gasteiger charge is 2.23. The predicted octanol–water partition coefficient (Wildman–Crippen LogP) is 2.79. The van der Waals surface area contributed by atoms with Crippen molar-refractivity contribution in [2.75, 3.05) is 29.9 Å². The third-order valence-electron chi connectivity index (χ3n) is 5.23. The van der Waals surface area contributed by atoms with Gasteiger partial charge in [-0.05, 0) is 26.3 Å². The molecule has 1 fully saturated rings. The van der Waals surface area contributed by atoms with Gasteiger partial charge in [-0.3, -0.25) is 4.79 Å².